The van der Waals surface area contributed by atoms with Crippen molar-refractivity contribution in [2.45, 2.75) is 0 Å². The van der Waals surface area contributed by atoms with E-state index in [1.54, 1.807) is 0 Å². The second kappa shape index (κ2) is 4.99. The minimum Gasteiger partial charge on any atom is -0.192 e. The van der Waals surface area contributed by atoms with Crippen molar-refractivity contribution in [3.05, 3.63) is 64.8 Å². The fraction of sp³-hybridized carbons (Fsp3) is 0. The summed E-state index contributed by atoms with van der Waals surface area (Å²) in [5, 5.41) is 23.8. The van der Waals surface area contributed by atoms with Crippen LogP contribution in [0.4, 0.5) is 0 Å². The zero-order valence-electron chi connectivity index (χ0n) is 12.0. The second-order valence-corrected chi connectivity index (χ2v) is 5.76. The number of benzene rings is 2. The fourth-order valence-corrected chi connectivity index (χ4v) is 3.60. The van der Waals surface area contributed by atoms with Gasteiger partial charge in [-0.2, -0.15) is 10.5 Å². The predicted molar refractivity (Wildman–Crippen MR) is 92.9 cm³/mol. The lowest BCUT2D eigenvalue weighted by Crippen LogP contribution is -2.08. The SMILES string of the molecule is N#CC(C#N)=c1c2c(Cl)cc3ccccc(c2-3)c2ccccc12. The van der Waals surface area contributed by atoms with E-state index in [2.05, 4.69) is 6.07 Å². The van der Waals surface area contributed by atoms with E-state index in [0.717, 1.165) is 32.7 Å². The van der Waals surface area contributed by atoms with E-state index in [0.29, 0.717) is 10.2 Å². The Kier molecular flexibility index (Phi) is 2.95. The summed E-state index contributed by atoms with van der Waals surface area (Å²) in [7, 11) is 0. The lowest BCUT2D eigenvalue weighted by Gasteiger charge is -2.08. The van der Waals surface area contributed by atoms with Crippen molar-refractivity contribution in [3.8, 4) is 23.3 Å². The molecule has 106 valence electrons. The van der Waals surface area contributed by atoms with Gasteiger partial charge in [0.25, 0.3) is 0 Å². The van der Waals surface area contributed by atoms with Gasteiger partial charge in [0.15, 0.2) is 0 Å². The first-order valence-electron chi connectivity index (χ1n) is 7.12. The molecule has 2 nitrogen and oxygen atoms in total. The van der Waals surface area contributed by atoms with Crippen LogP contribution in [0.15, 0.2) is 54.6 Å². The number of rotatable bonds is 0. The van der Waals surface area contributed by atoms with E-state index in [-0.39, 0.29) is 5.57 Å². The molecule has 0 saturated heterocycles. The van der Waals surface area contributed by atoms with Gasteiger partial charge < -0.3 is 0 Å². The lowest BCUT2D eigenvalue weighted by atomic mass is 9.94. The van der Waals surface area contributed by atoms with Gasteiger partial charge in [-0.3, -0.25) is 0 Å². The summed E-state index contributed by atoms with van der Waals surface area (Å²) in [5.41, 5.74) is 2.09. The number of fused-ring (bicyclic) bond motifs is 2. The van der Waals surface area contributed by atoms with Gasteiger partial charge in [-0.25, -0.2) is 0 Å². The first-order chi connectivity index (χ1) is 11.3. The average Bonchev–Trinajstić information content (AvgIpc) is 2.77. The summed E-state index contributed by atoms with van der Waals surface area (Å²) in [6, 6.07) is 21.8. The Morgan fingerprint density at radius 1 is 0.826 bits per heavy atom. The molecular formula is C20H9ClN2. The van der Waals surface area contributed by atoms with Crippen LogP contribution in [0, 0.1) is 22.7 Å². The lowest BCUT2D eigenvalue weighted by molar-refractivity contribution is 1.50. The van der Waals surface area contributed by atoms with E-state index in [1.807, 2.05) is 60.7 Å². The topological polar surface area (TPSA) is 47.6 Å². The number of hydrogen-bond donors (Lipinski definition) is 0. The Morgan fingerprint density at radius 3 is 2.13 bits per heavy atom. The molecule has 0 aromatic heterocycles. The number of nitrogens with zero attached hydrogens (tertiary/aromatic N) is 2. The Labute approximate surface area is 137 Å². The molecule has 0 aliphatic heterocycles. The zero-order chi connectivity index (χ0) is 16.0. The largest absolute Gasteiger partial charge is 0.192 e. The maximum Gasteiger partial charge on any atom is 0.138 e. The van der Waals surface area contributed by atoms with E-state index < -0.39 is 0 Å². The molecule has 0 spiro atoms. The molecule has 0 heterocycles. The highest BCUT2D eigenvalue weighted by atomic mass is 35.5. The van der Waals surface area contributed by atoms with Crippen LogP contribution in [-0.2, 0) is 0 Å². The van der Waals surface area contributed by atoms with Crippen molar-refractivity contribution < 1.29 is 0 Å². The number of hydrogen-bond acceptors (Lipinski definition) is 2. The third-order valence-electron chi connectivity index (χ3n) is 4.19. The van der Waals surface area contributed by atoms with Crippen LogP contribution in [-0.4, -0.2) is 0 Å². The summed E-state index contributed by atoms with van der Waals surface area (Å²) < 4.78 is 0. The average molecular weight is 313 g/mol. The third kappa shape index (κ3) is 1.80. The Bertz CT molecular complexity index is 1180. The van der Waals surface area contributed by atoms with Gasteiger partial charge in [0, 0.05) is 15.6 Å². The van der Waals surface area contributed by atoms with Crippen molar-refractivity contribution in [3.63, 3.8) is 0 Å². The monoisotopic (exact) mass is 312 g/mol. The molecule has 0 fully saturated rings. The maximum atomic E-state index is 9.41. The maximum absolute atomic E-state index is 9.41. The summed E-state index contributed by atoms with van der Waals surface area (Å²) >= 11 is 6.48. The van der Waals surface area contributed by atoms with Crippen LogP contribution in [0.5, 0.6) is 0 Å². The van der Waals surface area contributed by atoms with Gasteiger partial charge >= 0.3 is 0 Å². The van der Waals surface area contributed by atoms with Crippen molar-refractivity contribution in [2.75, 3.05) is 0 Å². The van der Waals surface area contributed by atoms with Crippen LogP contribution in [0.25, 0.3) is 38.2 Å². The van der Waals surface area contributed by atoms with Crippen LogP contribution in [0.2, 0.25) is 5.02 Å². The first-order valence-corrected chi connectivity index (χ1v) is 7.50. The molecule has 0 unspecified atom stereocenters. The molecule has 2 aliphatic carbocycles. The van der Waals surface area contributed by atoms with E-state index in [9.17, 15) is 10.5 Å². The van der Waals surface area contributed by atoms with Gasteiger partial charge in [-0.05, 0) is 33.4 Å². The van der Waals surface area contributed by atoms with Crippen LogP contribution in [0.3, 0.4) is 0 Å². The minimum absolute atomic E-state index is 0.0870. The Hall–Kier alpha value is -3.07. The molecule has 0 atom stereocenters. The molecule has 0 N–H and O–H groups in total. The molecule has 0 amide bonds. The Morgan fingerprint density at radius 2 is 1.43 bits per heavy atom. The molecule has 0 bridgehead atoms. The molecule has 4 rings (SSSR count). The summed E-state index contributed by atoms with van der Waals surface area (Å²) in [6.07, 6.45) is 0. The molecular weight excluding hydrogens is 304 g/mol. The molecule has 0 saturated carbocycles. The van der Waals surface area contributed by atoms with Crippen molar-refractivity contribution in [1.82, 2.24) is 0 Å². The summed E-state index contributed by atoms with van der Waals surface area (Å²) in [5.74, 6) is 0. The number of halogens is 1. The molecule has 23 heavy (non-hydrogen) atoms. The highest BCUT2D eigenvalue weighted by molar-refractivity contribution is 6.38. The summed E-state index contributed by atoms with van der Waals surface area (Å²) in [4.78, 5) is 0. The van der Waals surface area contributed by atoms with Crippen molar-refractivity contribution in [2.24, 2.45) is 0 Å². The van der Waals surface area contributed by atoms with E-state index in [4.69, 9.17) is 11.6 Å². The van der Waals surface area contributed by atoms with Crippen molar-refractivity contribution >= 4 is 38.7 Å². The number of nitriles is 2. The molecule has 2 aliphatic rings. The van der Waals surface area contributed by atoms with Gasteiger partial charge in [-0.1, -0.05) is 60.1 Å². The highest BCUT2D eigenvalue weighted by Gasteiger charge is 2.19. The molecule has 0 radical (unpaired) electrons. The zero-order valence-corrected chi connectivity index (χ0v) is 12.7. The van der Waals surface area contributed by atoms with Crippen LogP contribution in [0.1, 0.15) is 0 Å². The van der Waals surface area contributed by atoms with Gasteiger partial charge in [0.2, 0.25) is 0 Å². The van der Waals surface area contributed by atoms with E-state index >= 15 is 0 Å². The standard InChI is InChI=1S/C20H9ClN2/c21-17-9-12-5-1-2-7-15-14-6-3-4-8-16(14)19(13(10-22)11-23)20(17)18(12)15/h1-9H. The third-order valence-corrected chi connectivity index (χ3v) is 4.49. The molecule has 2 aromatic rings. The fourth-order valence-electron chi connectivity index (χ4n) is 3.30. The first kappa shape index (κ1) is 13.6. The minimum atomic E-state index is 0.0870. The smallest absolute Gasteiger partial charge is 0.138 e. The van der Waals surface area contributed by atoms with Crippen molar-refractivity contribution in [1.29, 1.82) is 10.5 Å². The summed E-state index contributed by atoms with van der Waals surface area (Å²) in [6.45, 7) is 0. The molecule has 3 heteroatoms. The quantitative estimate of drug-likeness (QED) is 0.474. The van der Waals surface area contributed by atoms with E-state index in [1.165, 1.54) is 0 Å². The Balaban J connectivity index is 2.52. The van der Waals surface area contributed by atoms with Crippen LogP contribution >= 0.6 is 11.6 Å². The second-order valence-electron chi connectivity index (χ2n) is 5.35. The predicted octanol–water partition coefficient (Wildman–Crippen LogP) is 4.67. The highest BCUT2D eigenvalue weighted by Crippen LogP contribution is 2.40. The normalized spacial score (nSPS) is 10.7. The van der Waals surface area contributed by atoms with Gasteiger partial charge in [0.05, 0.1) is 0 Å². The van der Waals surface area contributed by atoms with Gasteiger partial charge in [-0.15, -0.1) is 0 Å². The van der Waals surface area contributed by atoms with Gasteiger partial charge in [0.1, 0.15) is 17.7 Å². The van der Waals surface area contributed by atoms with Crippen LogP contribution < -0.4 is 5.22 Å². The molecule has 2 aromatic carbocycles.